The lowest BCUT2D eigenvalue weighted by Crippen LogP contribution is -2.43. The van der Waals surface area contributed by atoms with E-state index >= 15 is 0 Å². The minimum absolute atomic E-state index is 0.00301. The molecule has 0 aromatic carbocycles. The van der Waals surface area contributed by atoms with Crippen LogP contribution in [-0.2, 0) is 9.59 Å². The Balaban J connectivity index is 2.49. The van der Waals surface area contributed by atoms with E-state index in [2.05, 4.69) is 0 Å². The molecule has 1 aliphatic rings. The van der Waals surface area contributed by atoms with Crippen LogP contribution in [0.2, 0.25) is 0 Å². The number of primary amides is 1. The zero-order valence-electron chi connectivity index (χ0n) is 8.24. The number of nitrogens with zero attached hydrogens (tertiary/aromatic N) is 1. The molecule has 1 heterocycles. The van der Waals surface area contributed by atoms with Crippen molar-refractivity contribution < 1.29 is 9.59 Å². The first-order valence-electron chi connectivity index (χ1n) is 4.95. The van der Waals surface area contributed by atoms with Gasteiger partial charge in [-0.1, -0.05) is 0 Å². The van der Waals surface area contributed by atoms with Crippen LogP contribution in [0.4, 0.5) is 0 Å². The molecule has 0 spiro atoms. The molecule has 4 N–H and O–H groups in total. The van der Waals surface area contributed by atoms with Crippen LogP contribution in [0, 0.1) is 0 Å². The van der Waals surface area contributed by atoms with Crippen LogP contribution in [0.15, 0.2) is 0 Å². The fourth-order valence-corrected chi connectivity index (χ4v) is 1.76. The molecule has 5 heteroatoms. The number of likely N-dealkylation sites (tertiary alicyclic amines) is 1. The summed E-state index contributed by atoms with van der Waals surface area (Å²) in [7, 11) is 0. The van der Waals surface area contributed by atoms with E-state index in [-0.39, 0.29) is 11.9 Å². The summed E-state index contributed by atoms with van der Waals surface area (Å²) in [5, 5.41) is 0. The third-order valence-electron chi connectivity index (χ3n) is 2.50. The molecular weight excluding hydrogens is 182 g/mol. The van der Waals surface area contributed by atoms with Crippen molar-refractivity contribution in [3.63, 3.8) is 0 Å². The van der Waals surface area contributed by atoms with Crippen molar-refractivity contribution in [1.82, 2.24) is 4.90 Å². The van der Waals surface area contributed by atoms with Gasteiger partial charge in [0.2, 0.25) is 11.8 Å². The zero-order chi connectivity index (χ0) is 10.6. The molecule has 2 amide bonds. The third kappa shape index (κ3) is 2.45. The maximum Gasteiger partial charge on any atom is 0.240 e. The summed E-state index contributed by atoms with van der Waals surface area (Å²) in [5.41, 5.74) is 10.5. The van der Waals surface area contributed by atoms with Crippen molar-refractivity contribution in [2.45, 2.75) is 31.7 Å². The van der Waals surface area contributed by atoms with Gasteiger partial charge in [0, 0.05) is 13.0 Å². The summed E-state index contributed by atoms with van der Waals surface area (Å²) in [6.45, 7) is 1.15. The molecule has 1 atom stereocenters. The first-order chi connectivity index (χ1) is 6.66. The van der Waals surface area contributed by atoms with Gasteiger partial charge in [-0.3, -0.25) is 9.59 Å². The van der Waals surface area contributed by atoms with Gasteiger partial charge >= 0.3 is 0 Å². The molecule has 0 unspecified atom stereocenters. The van der Waals surface area contributed by atoms with Gasteiger partial charge < -0.3 is 16.4 Å². The van der Waals surface area contributed by atoms with E-state index in [1.54, 1.807) is 4.90 Å². The predicted octanol–water partition coefficient (Wildman–Crippen LogP) is -0.798. The first kappa shape index (κ1) is 11.0. The molecule has 0 radical (unpaired) electrons. The Hall–Kier alpha value is -1.10. The molecule has 0 bridgehead atoms. The van der Waals surface area contributed by atoms with Gasteiger partial charge in [0.1, 0.15) is 6.04 Å². The van der Waals surface area contributed by atoms with Crippen LogP contribution in [0.25, 0.3) is 0 Å². The summed E-state index contributed by atoms with van der Waals surface area (Å²) in [4.78, 5) is 24.2. The van der Waals surface area contributed by atoms with Crippen molar-refractivity contribution in [3.8, 4) is 0 Å². The highest BCUT2D eigenvalue weighted by Crippen LogP contribution is 2.17. The van der Waals surface area contributed by atoms with E-state index in [4.69, 9.17) is 11.5 Å². The summed E-state index contributed by atoms with van der Waals surface area (Å²) >= 11 is 0. The van der Waals surface area contributed by atoms with Crippen LogP contribution < -0.4 is 11.5 Å². The second-order valence-electron chi connectivity index (χ2n) is 3.54. The quantitative estimate of drug-likeness (QED) is 0.621. The van der Waals surface area contributed by atoms with E-state index in [1.165, 1.54) is 0 Å². The third-order valence-corrected chi connectivity index (χ3v) is 2.50. The second-order valence-corrected chi connectivity index (χ2v) is 3.54. The van der Waals surface area contributed by atoms with Gasteiger partial charge in [-0.15, -0.1) is 0 Å². The number of amides is 2. The smallest absolute Gasteiger partial charge is 0.240 e. The molecule has 80 valence electrons. The monoisotopic (exact) mass is 199 g/mol. The van der Waals surface area contributed by atoms with E-state index in [0.29, 0.717) is 32.4 Å². The van der Waals surface area contributed by atoms with Crippen molar-refractivity contribution in [2.75, 3.05) is 13.1 Å². The van der Waals surface area contributed by atoms with Gasteiger partial charge in [0.15, 0.2) is 0 Å². The fraction of sp³-hybridized carbons (Fsp3) is 0.778. The number of hydrogen-bond donors (Lipinski definition) is 2. The Labute approximate surface area is 83.4 Å². The highest BCUT2D eigenvalue weighted by atomic mass is 16.2. The van der Waals surface area contributed by atoms with Crippen molar-refractivity contribution in [1.29, 1.82) is 0 Å². The molecule has 1 fully saturated rings. The minimum atomic E-state index is -0.399. The highest BCUT2D eigenvalue weighted by molar-refractivity contribution is 5.87. The molecule has 0 saturated carbocycles. The topological polar surface area (TPSA) is 89.4 Å². The fourth-order valence-electron chi connectivity index (χ4n) is 1.76. The molecular formula is C9H17N3O2. The number of hydrogen-bond acceptors (Lipinski definition) is 3. The van der Waals surface area contributed by atoms with Crippen molar-refractivity contribution >= 4 is 11.8 Å². The maximum absolute atomic E-state index is 11.6. The highest BCUT2D eigenvalue weighted by Gasteiger charge is 2.31. The number of carbonyl (C=O) groups is 2. The number of carbonyl (C=O) groups excluding carboxylic acids is 2. The van der Waals surface area contributed by atoms with E-state index in [1.807, 2.05) is 0 Å². The van der Waals surface area contributed by atoms with Gasteiger partial charge in [0.25, 0.3) is 0 Å². The second kappa shape index (κ2) is 4.95. The first-order valence-corrected chi connectivity index (χ1v) is 4.95. The van der Waals surface area contributed by atoms with Gasteiger partial charge in [-0.25, -0.2) is 0 Å². The van der Waals surface area contributed by atoms with Gasteiger partial charge in [-0.05, 0) is 25.8 Å². The Bertz CT molecular complexity index is 230. The van der Waals surface area contributed by atoms with Crippen LogP contribution >= 0.6 is 0 Å². The van der Waals surface area contributed by atoms with Crippen LogP contribution in [0.5, 0.6) is 0 Å². The molecule has 14 heavy (non-hydrogen) atoms. The summed E-state index contributed by atoms with van der Waals surface area (Å²) in [6.07, 6.45) is 2.65. The number of nitrogens with two attached hydrogens (primary N) is 2. The van der Waals surface area contributed by atoms with E-state index in [0.717, 1.165) is 6.42 Å². The Kier molecular flexibility index (Phi) is 3.88. The number of rotatable bonds is 4. The molecule has 0 aliphatic carbocycles. The van der Waals surface area contributed by atoms with Crippen LogP contribution in [0.1, 0.15) is 25.7 Å². The average molecular weight is 199 g/mol. The van der Waals surface area contributed by atoms with E-state index < -0.39 is 5.91 Å². The maximum atomic E-state index is 11.6. The molecule has 1 saturated heterocycles. The standard InChI is InChI=1S/C9H17N3O2/c10-5-1-4-8(13)12-6-2-3-7(12)9(11)14/h7H,1-6,10H2,(H2,11,14)/t7-/m0/s1. The lowest BCUT2D eigenvalue weighted by atomic mass is 10.2. The van der Waals surface area contributed by atoms with Crippen molar-refractivity contribution in [3.05, 3.63) is 0 Å². The Morgan fingerprint density at radius 2 is 2.14 bits per heavy atom. The molecule has 1 rings (SSSR count). The van der Waals surface area contributed by atoms with Crippen LogP contribution in [0.3, 0.4) is 0 Å². The van der Waals surface area contributed by atoms with E-state index in [9.17, 15) is 9.59 Å². The van der Waals surface area contributed by atoms with Crippen molar-refractivity contribution in [2.24, 2.45) is 11.5 Å². The normalized spacial score (nSPS) is 21.2. The predicted molar refractivity (Wildman–Crippen MR) is 52.2 cm³/mol. The Morgan fingerprint density at radius 3 is 2.71 bits per heavy atom. The van der Waals surface area contributed by atoms with Crippen LogP contribution in [-0.4, -0.2) is 35.8 Å². The Morgan fingerprint density at radius 1 is 1.43 bits per heavy atom. The molecule has 0 aromatic rings. The average Bonchev–Trinajstić information content (AvgIpc) is 2.62. The van der Waals surface area contributed by atoms with Gasteiger partial charge in [-0.2, -0.15) is 0 Å². The minimum Gasteiger partial charge on any atom is -0.368 e. The summed E-state index contributed by atoms with van der Waals surface area (Å²) in [5.74, 6) is -0.402. The summed E-state index contributed by atoms with van der Waals surface area (Å²) in [6, 6.07) is -0.389. The molecule has 0 aromatic heterocycles. The molecule has 5 nitrogen and oxygen atoms in total. The van der Waals surface area contributed by atoms with Gasteiger partial charge in [0.05, 0.1) is 0 Å². The molecule has 1 aliphatic heterocycles. The lowest BCUT2D eigenvalue weighted by Gasteiger charge is -2.21. The largest absolute Gasteiger partial charge is 0.368 e. The lowest BCUT2D eigenvalue weighted by molar-refractivity contribution is -0.137. The zero-order valence-corrected chi connectivity index (χ0v) is 8.24. The SMILES string of the molecule is NCCCC(=O)N1CCC[C@H]1C(N)=O. The summed E-state index contributed by atoms with van der Waals surface area (Å²) < 4.78 is 0.